The molecule has 1 atom stereocenters. The summed E-state index contributed by atoms with van der Waals surface area (Å²) in [6.07, 6.45) is 4.07. The Kier molecular flexibility index (Phi) is 6.75. The standard InChI is InChI=1S/C27H27N5O4/c1-32-25-21(30-24(33)16-35-2)12-19(13-22(25)31-26(32)18-7-5-10-28-14-18)27(34)29-15-23-20-8-4-3-6-17(20)9-11-36-23/h3-8,10,12-14,23H,9,11,15-16H2,1-2H3,(H,29,34)(H,30,33). The highest BCUT2D eigenvalue weighted by Gasteiger charge is 2.23. The number of benzene rings is 2. The first kappa shape index (κ1) is 23.7. The molecule has 0 saturated carbocycles. The molecule has 0 bridgehead atoms. The van der Waals surface area contributed by atoms with Crippen LogP contribution in [0.1, 0.15) is 27.6 Å². The highest BCUT2D eigenvalue weighted by molar-refractivity contribution is 6.06. The third-order valence-corrected chi connectivity index (χ3v) is 6.24. The summed E-state index contributed by atoms with van der Waals surface area (Å²) in [5, 5.41) is 5.85. The fourth-order valence-corrected chi connectivity index (χ4v) is 4.58. The van der Waals surface area contributed by atoms with Gasteiger partial charge in [0.05, 0.1) is 23.3 Å². The van der Waals surface area contributed by atoms with Crippen molar-refractivity contribution in [3.05, 3.63) is 77.6 Å². The summed E-state index contributed by atoms with van der Waals surface area (Å²) in [6, 6.07) is 15.3. The number of nitrogens with zero attached hydrogens (tertiary/aromatic N) is 3. The van der Waals surface area contributed by atoms with Crippen molar-refractivity contribution in [3.63, 3.8) is 0 Å². The smallest absolute Gasteiger partial charge is 0.251 e. The second kappa shape index (κ2) is 10.3. The normalized spacial score (nSPS) is 14.9. The van der Waals surface area contributed by atoms with Crippen LogP contribution in [-0.2, 0) is 27.7 Å². The minimum absolute atomic E-state index is 0.107. The van der Waals surface area contributed by atoms with Gasteiger partial charge in [0.2, 0.25) is 5.91 Å². The molecule has 0 spiro atoms. The van der Waals surface area contributed by atoms with Crippen molar-refractivity contribution in [2.75, 3.05) is 32.2 Å². The number of ether oxygens (including phenoxy) is 2. The molecule has 1 aliphatic heterocycles. The number of nitrogens with one attached hydrogen (secondary N) is 2. The van der Waals surface area contributed by atoms with Gasteiger partial charge >= 0.3 is 0 Å². The maximum atomic E-state index is 13.2. The molecule has 2 aromatic carbocycles. The van der Waals surface area contributed by atoms with Gasteiger partial charge in [0.15, 0.2) is 0 Å². The van der Waals surface area contributed by atoms with E-state index in [0.29, 0.717) is 41.3 Å². The van der Waals surface area contributed by atoms with Crippen molar-refractivity contribution in [2.24, 2.45) is 7.05 Å². The summed E-state index contributed by atoms with van der Waals surface area (Å²) in [5.74, 6) is 0.0668. The van der Waals surface area contributed by atoms with Crippen LogP contribution in [0.5, 0.6) is 0 Å². The average molecular weight is 486 g/mol. The minimum atomic E-state index is -0.326. The number of aryl methyl sites for hydroxylation is 1. The van der Waals surface area contributed by atoms with Gasteiger partial charge < -0.3 is 24.7 Å². The molecule has 4 aromatic rings. The van der Waals surface area contributed by atoms with Gasteiger partial charge in [0.25, 0.3) is 5.91 Å². The van der Waals surface area contributed by atoms with Crippen molar-refractivity contribution in [2.45, 2.75) is 12.5 Å². The Morgan fingerprint density at radius 2 is 2.06 bits per heavy atom. The number of imidazole rings is 1. The Labute approximate surface area is 208 Å². The second-order valence-corrected chi connectivity index (χ2v) is 8.63. The van der Waals surface area contributed by atoms with Crippen LogP contribution in [0.15, 0.2) is 60.9 Å². The number of amides is 2. The minimum Gasteiger partial charge on any atom is -0.375 e. The number of aromatic nitrogens is 3. The zero-order valence-electron chi connectivity index (χ0n) is 20.2. The van der Waals surface area contributed by atoms with Gasteiger partial charge in [0.1, 0.15) is 18.5 Å². The first-order valence-corrected chi connectivity index (χ1v) is 11.7. The monoisotopic (exact) mass is 485 g/mol. The highest BCUT2D eigenvalue weighted by atomic mass is 16.5. The third-order valence-electron chi connectivity index (χ3n) is 6.24. The largest absolute Gasteiger partial charge is 0.375 e. The van der Waals surface area contributed by atoms with Crippen LogP contribution < -0.4 is 10.6 Å². The van der Waals surface area contributed by atoms with Gasteiger partial charge in [0, 0.05) is 44.2 Å². The van der Waals surface area contributed by atoms with Gasteiger partial charge in [-0.05, 0) is 41.8 Å². The Balaban J connectivity index is 1.46. The lowest BCUT2D eigenvalue weighted by Gasteiger charge is -2.26. The van der Waals surface area contributed by atoms with Crippen molar-refractivity contribution < 1.29 is 19.1 Å². The molecule has 36 heavy (non-hydrogen) atoms. The van der Waals surface area contributed by atoms with E-state index in [1.165, 1.54) is 12.7 Å². The Bertz CT molecular complexity index is 1420. The lowest BCUT2D eigenvalue weighted by atomic mass is 9.97. The van der Waals surface area contributed by atoms with Gasteiger partial charge in [-0.15, -0.1) is 0 Å². The van der Waals surface area contributed by atoms with Crippen molar-refractivity contribution in [1.82, 2.24) is 19.9 Å². The van der Waals surface area contributed by atoms with Crippen LogP contribution in [0.3, 0.4) is 0 Å². The first-order valence-electron chi connectivity index (χ1n) is 11.7. The molecule has 1 unspecified atom stereocenters. The molecule has 0 fully saturated rings. The number of anilines is 1. The molecular weight excluding hydrogens is 458 g/mol. The summed E-state index contributed by atoms with van der Waals surface area (Å²) in [7, 11) is 3.32. The van der Waals surface area contributed by atoms with Crippen LogP contribution in [-0.4, -0.2) is 53.2 Å². The Morgan fingerprint density at radius 3 is 2.86 bits per heavy atom. The Hall–Kier alpha value is -4.08. The molecule has 0 radical (unpaired) electrons. The number of methoxy groups -OCH3 is 1. The lowest BCUT2D eigenvalue weighted by Crippen LogP contribution is -2.32. The molecule has 0 saturated heterocycles. The fourth-order valence-electron chi connectivity index (χ4n) is 4.58. The molecule has 0 aliphatic carbocycles. The molecular formula is C27H27N5O4. The van der Waals surface area contributed by atoms with E-state index in [-0.39, 0.29) is 24.5 Å². The first-order chi connectivity index (χ1) is 17.5. The molecule has 9 heteroatoms. The van der Waals surface area contributed by atoms with Crippen molar-refractivity contribution >= 4 is 28.5 Å². The molecule has 2 N–H and O–H groups in total. The summed E-state index contributed by atoms with van der Waals surface area (Å²) in [4.78, 5) is 34.5. The summed E-state index contributed by atoms with van der Waals surface area (Å²) in [5.41, 5.74) is 5.29. The number of hydrogen-bond acceptors (Lipinski definition) is 6. The van der Waals surface area contributed by atoms with E-state index in [0.717, 1.165) is 17.5 Å². The maximum absolute atomic E-state index is 13.2. The lowest BCUT2D eigenvalue weighted by molar-refractivity contribution is -0.119. The Morgan fingerprint density at radius 1 is 1.19 bits per heavy atom. The third kappa shape index (κ3) is 4.71. The van der Waals surface area contributed by atoms with Crippen molar-refractivity contribution in [1.29, 1.82) is 0 Å². The van der Waals surface area contributed by atoms with Crippen LogP contribution in [0.25, 0.3) is 22.4 Å². The predicted molar refractivity (Wildman–Crippen MR) is 136 cm³/mol. The quantitative estimate of drug-likeness (QED) is 0.416. The van der Waals surface area contributed by atoms with E-state index in [1.54, 1.807) is 24.5 Å². The highest BCUT2D eigenvalue weighted by Crippen LogP contribution is 2.31. The van der Waals surface area contributed by atoms with Crippen LogP contribution >= 0.6 is 0 Å². The second-order valence-electron chi connectivity index (χ2n) is 8.63. The number of hydrogen-bond donors (Lipinski definition) is 2. The molecule has 5 rings (SSSR count). The van der Waals surface area contributed by atoms with Crippen molar-refractivity contribution in [3.8, 4) is 11.4 Å². The summed E-state index contributed by atoms with van der Waals surface area (Å²) >= 11 is 0. The van der Waals surface area contributed by atoms with E-state index >= 15 is 0 Å². The zero-order chi connectivity index (χ0) is 25.1. The van der Waals surface area contributed by atoms with Crippen LogP contribution in [0, 0.1) is 0 Å². The number of carbonyl (C=O) groups is 2. The van der Waals surface area contributed by atoms with E-state index in [9.17, 15) is 9.59 Å². The molecule has 3 heterocycles. The summed E-state index contributed by atoms with van der Waals surface area (Å²) in [6.45, 7) is 0.844. The van der Waals surface area contributed by atoms with E-state index in [4.69, 9.17) is 14.5 Å². The average Bonchev–Trinajstić information content (AvgIpc) is 3.24. The topological polar surface area (TPSA) is 107 Å². The zero-order valence-corrected chi connectivity index (χ0v) is 20.2. The molecule has 184 valence electrons. The SMILES string of the molecule is COCC(=O)Nc1cc(C(=O)NCC2OCCc3ccccc32)cc2nc(-c3cccnc3)n(C)c12. The fraction of sp³-hybridized carbons (Fsp3) is 0.259. The number of pyridine rings is 1. The number of carbonyl (C=O) groups excluding carboxylic acids is 2. The maximum Gasteiger partial charge on any atom is 0.251 e. The van der Waals surface area contributed by atoms with Gasteiger partial charge in [-0.1, -0.05) is 24.3 Å². The number of rotatable bonds is 7. The predicted octanol–water partition coefficient (Wildman–Crippen LogP) is 3.26. The van der Waals surface area contributed by atoms with Gasteiger partial charge in [-0.2, -0.15) is 0 Å². The molecule has 2 amide bonds. The van der Waals surface area contributed by atoms with Gasteiger partial charge in [-0.25, -0.2) is 4.98 Å². The van der Waals surface area contributed by atoms with Gasteiger partial charge in [-0.3, -0.25) is 14.6 Å². The van der Waals surface area contributed by atoms with Crippen LogP contribution in [0.2, 0.25) is 0 Å². The number of fused-ring (bicyclic) bond motifs is 2. The van der Waals surface area contributed by atoms with E-state index in [2.05, 4.69) is 21.7 Å². The summed E-state index contributed by atoms with van der Waals surface area (Å²) < 4.78 is 12.8. The van der Waals surface area contributed by atoms with E-state index in [1.807, 2.05) is 41.9 Å². The molecule has 1 aliphatic rings. The molecule has 9 nitrogen and oxygen atoms in total. The van der Waals surface area contributed by atoms with Crippen LogP contribution in [0.4, 0.5) is 5.69 Å². The van der Waals surface area contributed by atoms with E-state index < -0.39 is 0 Å². The molecule has 2 aromatic heterocycles.